The van der Waals surface area contributed by atoms with Crippen LogP contribution in [0.25, 0.3) is 11.1 Å². The Balaban J connectivity index is 2.61. The highest BCUT2D eigenvalue weighted by Gasteiger charge is 2.12. The zero-order chi connectivity index (χ0) is 13.8. The molecule has 0 aliphatic heterocycles. The highest BCUT2D eigenvalue weighted by Crippen LogP contribution is 2.35. The van der Waals surface area contributed by atoms with Gasteiger partial charge in [-0.3, -0.25) is 4.79 Å². The van der Waals surface area contributed by atoms with Crippen LogP contribution in [0.1, 0.15) is 10.4 Å². The summed E-state index contributed by atoms with van der Waals surface area (Å²) >= 11 is 5.88. The lowest BCUT2D eigenvalue weighted by atomic mass is 10.0. The molecule has 0 saturated heterocycles. The molecule has 2 aromatic carbocycles. The van der Waals surface area contributed by atoms with Crippen LogP contribution in [0.4, 0.5) is 0 Å². The topological polar surface area (TPSA) is 35.5 Å². The highest BCUT2D eigenvalue weighted by molar-refractivity contribution is 6.30. The van der Waals surface area contributed by atoms with Gasteiger partial charge in [0.05, 0.1) is 19.8 Å². The summed E-state index contributed by atoms with van der Waals surface area (Å²) < 4.78 is 10.5. The molecule has 2 aromatic rings. The molecule has 0 aliphatic carbocycles. The van der Waals surface area contributed by atoms with Crippen LogP contribution in [0.3, 0.4) is 0 Å². The van der Waals surface area contributed by atoms with E-state index in [1.807, 2.05) is 12.1 Å². The van der Waals surface area contributed by atoms with Crippen LogP contribution in [0.2, 0.25) is 5.02 Å². The van der Waals surface area contributed by atoms with Crippen LogP contribution in [-0.4, -0.2) is 20.5 Å². The third kappa shape index (κ3) is 2.71. The Morgan fingerprint density at radius 2 is 1.63 bits per heavy atom. The van der Waals surface area contributed by atoms with Gasteiger partial charge in [-0.2, -0.15) is 0 Å². The van der Waals surface area contributed by atoms with E-state index in [-0.39, 0.29) is 0 Å². The van der Waals surface area contributed by atoms with Crippen LogP contribution in [0, 0.1) is 0 Å². The Hall–Kier alpha value is -2.00. The Labute approximate surface area is 116 Å². The first-order valence-corrected chi connectivity index (χ1v) is 6.04. The van der Waals surface area contributed by atoms with Crippen LogP contribution in [-0.2, 0) is 0 Å². The monoisotopic (exact) mass is 276 g/mol. The maximum absolute atomic E-state index is 11.0. The largest absolute Gasteiger partial charge is 0.496 e. The second-order valence-corrected chi connectivity index (χ2v) is 4.36. The fourth-order valence-electron chi connectivity index (χ4n) is 1.87. The van der Waals surface area contributed by atoms with Crippen LogP contribution in [0.15, 0.2) is 36.4 Å². The van der Waals surface area contributed by atoms with Crippen molar-refractivity contribution >= 4 is 17.9 Å². The molecular formula is C15H13ClO3. The summed E-state index contributed by atoms with van der Waals surface area (Å²) in [5.41, 5.74) is 2.25. The fraction of sp³-hybridized carbons (Fsp3) is 0.133. The lowest BCUT2D eigenvalue weighted by molar-refractivity contribution is 0.112. The number of ether oxygens (including phenoxy) is 2. The lowest BCUT2D eigenvalue weighted by Crippen LogP contribution is -1.95. The van der Waals surface area contributed by atoms with E-state index < -0.39 is 0 Å². The van der Waals surface area contributed by atoms with Crippen molar-refractivity contribution in [1.82, 2.24) is 0 Å². The second-order valence-electron chi connectivity index (χ2n) is 3.92. The van der Waals surface area contributed by atoms with Crippen molar-refractivity contribution < 1.29 is 14.3 Å². The molecule has 3 nitrogen and oxygen atoms in total. The molecule has 0 heterocycles. The molecule has 0 N–H and O–H groups in total. The standard InChI is InChI=1S/C15H13ClO3/c1-18-14-8-13(10-3-5-12(16)6-4-10)15(19-2)7-11(14)9-17/h3-9H,1-2H3. The summed E-state index contributed by atoms with van der Waals surface area (Å²) in [5, 5.41) is 0.666. The molecule has 0 atom stereocenters. The third-order valence-corrected chi connectivity index (χ3v) is 3.09. The molecule has 0 fully saturated rings. The Kier molecular flexibility index (Phi) is 4.07. The fourth-order valence-corrected chi connectivity index (χ4v) is 1.99. The van der Waals surface area contributed by atoms with Gasteiger partial charge in [0, 0.05) is 10.6 Å². The number of carbonyl (C=O) groups is 1. The van der Waals surface area contributed by atoms with Gasteiger partial charge in [-0.05, 0) is 29.8 Å². The zero-order valence-corrected chi connectivity index (χ0v) is 11.4. The van der Waals surface area contributed by atoms with E-state index in [0.717, 1.165) is 17.4 Å². The first-order chi connectivity index (χ1) is 9.19. The summed E-state index contributed by atoms with van der Waals surface area (Å²) in [6, 6.07) is 10.8. The summed E-state index contributed by atoms with van der Waals surface area (Å²) in [5.74, 6) is 1.13. The summed E-state index contributed by atoms with van der Waals surface area (Å²) in [4.78, 5) is 11.0. The molecule has 0 saturated carbocycles. The van der Waals surface area contributed by atoms with Gasteiger partial charge < -0.3 is 9.47 Å². The van der Waals surface area contributed by atoms with E-state index in [9.17, 15) is 4.79 Å². The molecule has 4 heteroatoms. The van der Waals surface area contributed by atoms with E-state index in [0.29, 0.717) is 22.1 Å². The molecule has 0 radical (unpaired) electrons. The van der Waals surface area contributed by atoms with Crippen molar-refractivity contribution in [1.29, 1.82) is 0 Å². The van der Waals surface area contributed by atoms with Gasteiger partial charge >= 0.3 is 0 Å². The number of rotatable bonds is 4. The van der Waals surface area contributed by atoms with Gasteiger partial charge in [0.1, 0.15) is 11.5 Å². The van der Waals surface area contributed by atoms with Crippen molar-refractivity contribution in [3.8, 4) is 22.6 Å². The van der Waals surface area contributed by atoms with Gasteiger partial charge in [-0.25, -0.2) is 0 Å². The lowest BCUT2D eigenvalue weighted by Gasteiger charge is -2.12. The van der Waals surface area contributed by atoms with Gasteiger partial charge in [0.25, 0.3) is 0 Å². The maximum Gasteiger partial charge on any atom is 0.153 e. The smallest absolute Gasteiger partial charge is 0.153 e. The van der Waals surface area contributed by atoms with Crippen LogP contribution >= 0.6 is 11.6 Å². The minimum Gasteiger partial charge on any atom is -0.496 e. The molecular weight excluding hydrogens is 264 g/mol. The van der Waals surface area contributed by atoms with Gasteiger partial charge in [-0.15, -0.1) is 0 Å². The average molecular weight is 277 g/mol. The number of methoxy groups -OCH3 is 2. The van der Waals surface area contributed by atoms with Crippen LogP contribution in [0.5, 0.6) is 11.5 Å². The minimum absolute atomic E-state index is 0.456. The van der Waals surface area contributed by atoms with Crippen LogP contribution < -0.4 is 9.47 Å². The summed E-state index contributed by atoms with van der Waals surface area (Å²) in [6.07, 6.45) is 0.743. The van der Waals surface area contributed by atoms with E-state index in [1.54, 1.807) is 31.4 Å². The summed E-state index contributed by atoms with van der Waals surface area (Å²) in [6.45, 7) is 0. The zero-order valence-electron chi connectivity index (χ0n) is 10.6. The Morgan fingerprint density at radius 3 is 2.16 bits per heavy atom. The number of halogens is 1. The van der Waals surface area contributed by atoms with E-state index in [1.165, 1.54) is 7.11 Å². The maximum atomic E-state index is 11.0. The average Bonchev–Trinajstić information content (AvgIpc) is 2.46. The predicted molar refractivity (Wildman–Crippen MR) is 75.4 cm³/mol. The molecule has 0 unspecified atom stereocenters. The number of hydrogen-bond acceptors (Lipinski definition) is 3. The molecule has 0 aliphatic rings. The second kappa shape index (κ2) is 5.76. The first kappa shape index (κ1) is 13.4. The van der Waals surface area contributed by atoms with Gasteiger partial charge in [0.15, 0.2) is 6.29 Å². The van der Waals surface area contributed by atoms with Crippen molar-refractivity contribution in [2.45, 2.75) is 0 Å². The van der Waals surface area contributed by atoms with Gasteiger partial charge in [-0.1, -0.05) is 23.7 Å². The number of carbonyl (C=O) groups excluding carboxylic acids is 1. The third-order valence-electron chi connectivity index (χ3n) is 2.83. The Bertz CT molecular complexity index is 591. The predicted octanol–water partition coefficient (Wildman–Crippen LogP) is 3.84. The van der Waals surface area contributed by atoms with Crippen molar-refractivity contribution in [2.24, 2.45) is 0 Å². The number of hydrogen-bond donors (Lipinski definition) is 0. The normalized spacial score (nSPS) is 10.1. The SMILES string of the molecule is COc1cc(-c2ccc(Cl)cc2)c(OC)cc1C=O. The quantitative estimate of drug-likeness (QED) is 0.796. The number of aldehydes is 1. The highest BCUT2D eigenvalue weighted by atomic mass is 35.5. The molecule has 0 spiro atoms. The molecule has 0 aromatic heterocycles. The van der Waals surface area contributed by atoms with Crippen molar-refractivity contribution in [3.63, 3.8) is 0 Å². The first-order valence-electron chi connectivity index (χ1n) is 5.66. The Morgan fingerprint density at radius 1 is 1.00 bits per heavy atom. The van der Waals surface area contributed by atoms with E-state index in [4.69, 9.17) is 21.1 Å². The molecule has 2 rings (SSSR count). The summed E-state index contributed by atoms with van der Waals surface area (Å²) in [7, 11) is 3.09. The van der Waals surface area contributed by atoms with E-state index in [2.05, 4.69) is 0 Å². The van der Waals surface area contributed by atoms with Crippen molar-refractivity contribution in [2.75, 3.05) is 14.2 Å². The van der Waals surface area contributed by atoms with Crippen molar-refractivity contribution in [3.05, 3.63) is 47.0 Å². The minimum atomic E-state index is 0.456. The molecule has 19 heavy (non-hydrogen) atoms. The molecule has 98 valence electrons. The molecule has 0 bridgehead atoms. The molecule has 0 amide bonds. The number of benzene rings is 2. The van der Waals surface area contributed by atoms with Gasteiger partial charge in [0.2, 0.25) is 0 Å². The van der Waals surface area contributed by atoms with E-state index >= 15 is 0 Å².